The molecule has 9 heteroatoms. The first-order valence-corrected chi connectivity index (χ1v) is 14.4. The number of esters is 2. The van der Waals surface area contributed by atoms with Crippen molar-refractivity contribution < 1.29 is 39.5 Å². The number of rotatable bonds is 5. The molecule has 0 heterocycles. The Kier molecular flexibility index (Phi) is 6.93. The third kappa shape index (κ3) is 3.74. The number of hydrogen-bond acceptors (Lipinski definition) is 9. The monoisotopic (exact) mass is 557 g/mol. The first kappa shape index (κ1) is 29.0. The van der Waals surface area contributed by atoms with E-state index in [1.807, 2.05) is 6.08 Å². The van der Waals surface area contributed by atoms with Crippen LogP contribution in [-0.4, -0.2) is 74.5 Å². The predicted octanol–water partition coefficient (Wildman–Crippen LogP) is 3.10. The Hall–Kier alpha value is -2.46. The van der Waals surface area contributed by atoms with Gasteiger partial charge in [0.25, 0.3) is 0 Å². The summed E-state index contributed by atoms with van der Waals surface area (Å²) in [5, 5.41) is 50.9. The van der Waals surface area contributed by atoms with Crippen molar-refractivity contribution in [1.29, 1.82) is 0 Å². The van der Waals surface area contributed by atoms with E-state index in [0.29, 0.717) is 30.5 Å². The van der Waals surface area contributed by atoms with E-state index in [9.17, 15) is 30.0 Å². The lowest BCUT2D eigenvalue weighted by Gasteiger charge is -2.67. The van der Waals surface area contributed by atoms with Crippen molar-refractivity contribution in [3.63, 3.8) is 0 Å². The molecule has 4 aliphatic rings. The number of nitrogens with one attached hydrogen (secondary N) is 1. The molecule has 0 spiro atoms. The van der Waals surface area contributed by atoms with Gasteiger partial charge < -0.3 is 35.2 Å². The number of carbonyl (C=O) groups excluding carboxylic acids is 2. The summed E-state index contributed by atoms with van der Waals surface area (Å²) < 4.78 is 11.8. The van der Waals surface area contributed by atoms with E-state index < -0.39 is 63.8 Å². The highest BCUT2D eigenvalue weighted by molar-refractivity contribution is 5.95. The minimum absolute atomic E-state index is 0.0287. The minimum atomic E-state index is -1.86. The van der Waals surface area contributed by atoms with Crippen LogP contribution in [0.25, 0.3) is 0 Å². The van der Waals surface area contributed by atoms with Crippen molar-refractivity contribution >= 4 is 17.6 Å². The topological polar surface area (TPSA) is 146 Å². The Bertz CT molecular complexity index is 1230. The van der Waals surface area contributed by atoms with Gasteiger partial charge in [0.05, 0.1) is 17.1 Å². The van der Waals surface area contributed by atoms with Crippen LogP contribution in [0.15, 0.2) is 35.9 Å². The molecule has 0 amide bonds. The molecule has 0 saturated heterocycles. The molecule has 9 atom stereocenters. The predicted molar refractivity (Wildman–Crippen MR) is 147 cm³/mol. The zero-order valence-electron chi connectivity index (χ0n) is 24.1. The number of aliphatic hydroxyl groups is 4. The second kappa shape index (κ2) is 9.54. The van der Waals surface area contributed by atoms with E-state index in [1.165, 1.54) is 6.92 Å². The molecule has 220 valence electrons. The maximum Gasteiger partial charge on any atom is 0.340 e. The van der Waals surface area contributed by atoms with Crippen LogP contribution < -0.4 is 5.32 Å². The Balaban J connectivity index is 1.56. The highest BCUT2D eigenvalue weighted by Crippen LogP contribution is 2.71. The average molecular weight is 558 g/mol. The number of benzene rings is 1. The molecule has 0 aromatic heterocycles. The molecular formula is C31H43NO8. The van der Waals surface area contributed by atoms with Crippen LogP contribution in [0, 0.1) is 16.7 Å². The number of para-hydroxylation sites is 1. The smallest absolute Gasteiger partial charge is 0.340 e. The number of hydrogen-bond donors (Lipinski definition) is 5. The molecule has 4 aliphatic carbocycles. The van der Waals surface area contributed by atoms with Gasteiger partial charge in [-0.15, -0.1) is 0 Å². The molecule has 5 rings (SSSR count). The van der Waals surface area contributed by atoms with Gasteiger partial charge in [0.15, 0.2) is 0 Å². The zero-order valence-corrected chi connectivity index (χ0v) is 24.1. The van der Waals surface area contributed by atoms with E-state index in [4.69, 9.17) is 9.47 Å². The van der Waals surface area contributed by atoms with Crippen molar-refractivity contribution in [2.45, 2.75) is 108 Å². The molecule has 3 saturated carbocycles. The molecule has 0 radical (unpaired) electrons. The molecule has 9 nitrogen and oxygen atoms in total. The quantitative estimate of drug-likeness (QED) is 0.272. The fourth-order valence-electron chi connectivity index (χ4n) is 8.89. The molecule has 0 aliphatic heterocycles. The second-order valence-corrected chi connectivity index (χ2v) is 12.9. The van der Waals surface area contributed by atoms with Crippen LogP contribution in [0.1, 0.15) is 83.0 Å². The van der Waals surface area contributed by atoms with E-state index in [0.717, 1.165) is 5.57 Å². The van der Waals surface area contributed by atoms with Crippen molar-refractivity contribution in [3.8, 4) is 0 Å². The maximum atomic E-state index is 13.3. The summed E-state index contributed by atoms with van der Waals surface area (Å²) in [6, 6.07) is 6.88. The van der Waals surface area contributed by atoms with Gasteiger partial charge in [-0.1, -0.05) is 37.6 Å². The highest BCUT2D eigenvalue weighted by atomic mass is 16.6. The molecular weight excluding hydrogens is 514 g/mol. The summed E-state index contributed by atoms with van der Waals surface area (Å²) in [6.07, 6.45) is 1.54. The Morgan fingerprint density at radius 3 is 2.48 bits per heavy atom. The molecule has 1 unspecified atom stereocenters. The van der Waals surface area contributed by atoms with Gasteiger partial charge in [0, 0.05) is 25.6 Å². The van der Waals surface area contributed by atoms with Gasteiger partial charge in [0.2, 0.25) is 0 Å². The van der Waals surface area contributed by atoms with Crippen LogP contribution in [0.2, 0.25) is 0 Å². The SMILES string of the molecule is CNc1ccccc1C(=O)O[C@@H](C)[C@]1(O)CC[C@@]2(O)[C@]1(C)[C@H](OC(C)=O)CC1[C@@]3(C)CC[C@H](O)CC3=CC[C@]12O. The van der Waals surface area contributed by atoms with Crippen LogP contribution in [0.3, 0.4) is 0 Å². The maximum absolute atomic E-state index is 13.3. The zero-order chi connectivity index (χ0) is 29.3. The van der Waals surface area contributed by atoms with E-state index in [2.05, 4.69) is 12.2 Å². The fraction of sp³-hybridized carbons (Fsp3) is 0.677. The molecule has 5 N–H and O–H groups in total. The standard InChI is InChI=1S/C31H43NO8/c1-18(39-26(35)22-8-6-7-9-23(22)32-5)29(36)14-15-31(38)28(29,4)25(40-19(2)33)17-24-27(3)12-11-21(34)16-20(27)10-13-30(24,31)37/h6-10,18,21,24-25,32,34,36-38H,11-17H2,1-5H3/t18-,21-,24?,25+,27-,28+,29+,30-,31+/m0/s1. The van der Waals surface area contributed by atoms with Gasteiger partial charge in [-0.05, 0) is 69.4 Å². The van der Waals surface area contributed by atoms with E-state index in [1.54, 1.807) is 45.2 Å². The third-order valence-corrected chi connectivity index (χ3v) is 11.3. The van der Waals surface area contributed by atoms with Crippen molar-refractivity contribution in [2.75, 3.05) is 12.4 Å². The first-order chi connectivity index (χ1) is 18.7. The van der Waals surface area contributed by atoms with Crippen LogP contribution in [0.5, 0.6) is 0 Å². The van der Waals surface area contributed by atoms with Crippen molar-refractivity contribution in [2.24, 2.45) is 16.7 Å². The number of carbonyl (C=O) groups is 2. The molecule has 3 fully saturated rings. The summed E-state index contributed by atoms with van der Waals surface area (Å²) in [6.45, 7) is 6.59. The van der Waals surface area contributed by atoms with E-state index in [-0.39, 0.29) is 25.7 Å². The van der Waals surface area contributed by atoms with E-state index >= 15 is 0 Å². The van der Waals surface area contributed by atoms with Crippen molar-refractivity contribution in [1.82, 2.24) is 0 Å². The number of fused-ring (bicyclic) bond motifs is 5. The largest absolute Gasteiger partial charge is 0.462 e. The summed E-state index contributed by atoms with van der Waals surface area (Å²) in [7, 11) is 1.70. The number of ether oxygens (including phenoxy) is 2. The number of anilines is 1. The third-order valence-electron chi connectivity index (χ3n) is 11.3. The normalized spacial score (nSPS) is 42.9. The summed E-state index contributed by atoms with van der Waals surface area (Å²) in [5.41, 5.74) is -5.46. The van der Waals surface area contributed by atoms with Gasteiger partial charge in [-0.3, -0.25) is 4.79 Å². The van der Waals surface area contributed by atoms with Gasteiger partial charge >= 0.3 is 11.9 Å². The van der Waals surface area contributed by atoms with Crippen LogP contribution >= 0.6 is 0 Å². The molecule has 0 bridgehead atoms. The Labute approximate surface area is 235 Å². The molecule has 1 aromatic rings. The lowest BCUT2D eigenvalue weighted by atomic mass is 9.42. The summed E-state index contributed by atoms with van der Waals surface area (Å²) in [5.74, 6) is -1.67. The first-order valence-electron chi connectivity index (χ1n) is 14.4. The summed E-state index contributed by atoms with van der Waals surface area (Å²) in [4.78, 5) is 25.7. The lowest BCUT2D eigenvalue weighted by Crippen LogP contribution is -2.78. The Morgan fingerprint density at radius 2 is 1.80 bits per heavy atom. The fourth-order valence-corrected chi connectivity index (χ4v) is 8.89. The van der Waals surface area contributed by atoms with Gasteiger partial charge in [-0.25, -0.2) is 4.79 Å². The lowest BCUT2D eigenvalue weighted by molar-refractivity contribution is -0.326. The average Bonchev–Trinajstić information content (AvgIpc) is 3.14. The van der Waals surface area contributed by atoms with Crippen LogP contribution in [0.4, 0.5) is 5.69 Å². The van der Waals surface area contributed by atoms with Gasteiger partial charge in [-0.2, -0.15) is 0 Å². The number of aliphatic hydroxyl groups excluding tert-OH is 1. The highest BCUT2D eigenvalue weighted by Gasteiger charge is 2.81. The minimum Gasteiger partial charge on any atom is -0.462 e. The Morgan fingerprint density at radius 1 is 1.10 bits per heavy atom. The summed E-state index contributed by atoms with van der Waals surface area (Å²) >= 11 is 0. The second-order valence-electron chi connectivity index (χ2n) is 12.9. The van der Waals surface area contributed by atoms with Gasteiger partial charge in [0.1, 0.15) is 29.0 Å². The molecule has 1 aromatic carbocycles. The molecule has 40 heavy (non-hydrogen) atoms. The van der Waals surface area contributed by atoms with Crippen LogP contribution in [-0.2, 0) is 14.3 Å². The van der Waals surface area contributed by atoms with Crippen molar-refractivity contribution in [3.05, 3.63) is 41.5 Å².